The van der Waals surface area contributed by atoms with E-state index in [2.05, 4.69) is 5.32 Å². The number of rotatable bonds is 2. The van der Waals surface area contributed by atoms with Crippen LogP contribution in [0.4, 0.5) is 10.5 Å². The van der Waals surface area contributed by atoms with E-state index in [1.807, 2.05) is 0 Å². The summed E-state index contributed by atoms with van der Waals surface area (Å²) in [5, 5.41) is 12.3. The number of likely N-dealkylation sites (tertiary alicyclic amines) is 1. The third-order valence-electron chi connectivity index (χ3n) is 3.23. The first-order valence-electron chi connectivity index (χ1n) is 6.41. The third-order valence-corrected chi connectivity index (χ3v) is 3.23. The van der Waals surface area contributed by atoms with Gasteiger partial charge in [-0.05, 0) is 44.0 Å². The molecule has 1 heterocycles. The van der Waals surface area contributed by atoms with Gasteiger partial charge in [0.25, 0.3) is 0 Å². The van der Waals surface area contributed by atoms with Crippen LogP contribution < -0.4 is 5.32 Å². The number of anilines is 1. The molecule has 5 heteroatoms. The number of hydrogen-bond acceptors (Lipinski definition) is 3. The van der Waals surface area contributed by atoms with Gasteiger partial charge in [-0.1, -0.05) is 0 Å². The number of Topliss-reactive ketones (excluding diaryl/α,β-unsaturated/α-hetero) is 1. The van der Waals surface area contributed by atoms with Crippen LogP contribution in [-0.2, 0) is 0 Å². The van der Waals surface area contributed by atoms with Crippen LogP contribution in [0.25, 0.3) is 0 Å². The number of benzene rings is 1. The van der Waals surface area contributed by atoms with Crippen LogP contribution in [0.1, 0.15) is 30.1 Å². The van der Waals surface area contributed by atoms with Gasteiger partial charge in [-0.2, -0.15) is 0 Å². The molecule has 1 aromatic rings. The van der Waals surface area contributed by atoms with Gasteiger partial charge < -0.3 is 15.3 Å². The van der Waals surface area contributed by atoms with Crippen LogP contribution in [0.2, 0.25) is 0 Å². The molecule has 0 unspecified atom stereocenters. The second-order valence-corrected chi connectivity index (χ2v) is 4.81. The number of carbonyl (C=O) groups is 2. The number of urea groups is 1. The highest BCUT2D eigenvalue weighted by atomic mass is 16.3. The van der Waals surface area contributed by atoms with Gasteiger partial charge in [0, 0.05) is 24.3 Å². The zero-order valence-corrected chi connectivity index (χ0v) is 10.9. The second-order valence-electron chi connectivity index (χ2n) is 4.81. The topological polar surface area (TPSA) is 69.6 Å². The SMILES string of the molecule is CC(=O)c1ccc(NC(=O)N2CCC[C@H](O)C2)cc1. The Labute approximate surface area is 112 Å². The molecule has 0 aliphatic carbocycles. The molecule has 2 rings (SSSR count). The third kappa shape index (κ3) is 3.54. The van der Waals surface area contributed by atoms with Crippen molar-refractivity contribution in [3.63, 3.8) is 0 Å². The van der Waals surface area contributed by atoms with E-state index in [1.165, 1.54) is 6.92 Å². The molecule has 1 aliphatic rings. The maximum Gasteiger partial charge on any atom is 0.321 e. The standard InChI is InChI=1S/C14H18N2O3/c1-10(17)11-4-6-12(7-5-11)15-14(19)16-8-2-3-13(18)9-16/h4-7,13,18H,2-3,8-9H2,1H3,(H,15,19)/t13-/m0/s1. The first kappa shape index (κ1) is 13.5. The smallest absolute Gasteiger partial charge is 0.321 e. The molecule has 1 atom stereocenters. The molecule has 2 amide bonds. The van der Waals surface area contributed by atoms with Crippen molar-refractivity contribution in [3.05, 3.63) is 29.8 Å². The molecule has 0 bridgehead atoms. The lowest BCUT2D eigenvalue weighted by atomic mass is 10.1. The molecular formula is C14H18N2O3. The van der Waals surface area contributed by atoms with E-state index in [9.17, 15) is 14.7 Å². The Bertz CT molecular complexity index is 470. The summed E-state index contributed by atoms with van der Waals surface area (Å²) in [7, 11) is 0. The number of hydrogen-bond donors (Lipinski definition) is 2. The summed E-state index contributed by atoms with van der Waals surface area (Å²) in [5.41, 5.74) is 1.27. The molecule has 102 valence electrons. The Morgan fingerprint density at radius 2 is 2.00 bits per heavy atom. The predicted octanol–water partition coefficient (Wildman–Crippen LogP) is 1.88. The highest BCUT2D eigenvalue weighted by molar-refractivity contribution is 5.95. The van der Waals surface area contributed by atoms with E-state index in [1.54, 1.807) is 29.2 Å². The molecule has 0 saturated carbocycles. The van der Waals surface area contributed by atoms with Gasteiger partial charge in [-0.15, -0.1) is 0 Å². The van der Waals surface area contributed by atoms with Gasteiger partial charge in [0.15, 0.2) is 5.78 Å². The molecule has 1 aliphatic heterocycles. The van der Waals surface area contributed by atoms with E-state index in [0.29, 0.717) is 24.3 Å². The Hall–Kier alpha value is -1.88. The van der Waals surface area contributed by atoms with Gasteiger partial charge in [-0.25, -0.2) is 4.79 Å². The number of piperidine rings is 1. The highest BCUT2D eigenvalue weighted by Crippen LogP contribution is 2.14. The number of aliphatic hydroxyl groups excluding tert-OH is 1. The predicted molar refractivity (Wildman–Crippen MR) is 72.3 cm³/mol. The Kier molecular flexibility index (Phi) is 4.16. The molecule has 5 nitrogen and oxygen atoms in total. The minimum absolute atomic E-state index is 0.00275. The van der Waals surface area contributed by atoms with E-state index >= 15 is 0 Å². The number of ketones is 1. The fourth-order valence-corrected chi connectivity index (χ4v) is 2.13. The van der Waals surface area contributed by atoms with Crippen LogP contribution in [-0.4, -0.2) is 41.0 Å². The highest BCUT2D eigenvalue weighted by Gasteiger charge is 2.21. The van der Waals surface area contributed by atoms with Crippen molar-refractivity contribution in [2.24, 2.45) is 0 Å². The van der Waals surface area contributed by atoms with E-state index in [-0.39, 0.29) is 11.8 Å². The largest absolute Gasteiger partial charge is 0.391 e. The van der Waals surface area contributed by atoms with Crippen LogP contribution in [0.15, 0.2) is 24.3 Å². The number of aliphatic hydroxyl groups is 1. The molecule has 1 saturated heterocycles. The van der Waals surface area contributed by atoms with Gasteiger partial charge in [0.1, 0.15) is 0 Å². The molecule has 1 aromatic carbocycles. The summed E-state index contributed by atoms with van der Waals surface area (Å²) >= 11 is 0. The van der Waals surface area contributed by atoms with Crippen LogP contribution in [0.5, 0.6) is 0 Å². The number of nitrogens with zero attached hydrogens (tertiary/aromatic N) is 1. The first-order chi connectivity index (χ1) is 9.06. The van der Waals surface area contributed by atoms with Crippen LogP contribution in [0.3, 0.4) is 0 Å². The number of β-amino-alcohol motifs (C(OH)–C–C–N with tert-alkyl or cyclic N) is 1. The van der Waals surface area contributed by atoms with Crippen molar-refractivity contribution < 1.29 is 14.7 Å². The summed E-state index contributed by atoms with van der Waals surface area (Å²) in [6.45, 7) is 2.54. The quantitative estimate of drug-likeness (QED) is 0.799. The van der Waals surface area contributed by atoms with Crippen LogP contribution in [0, 0.1) is 0 Å². The Morgan fingerprint density at radius 3 is 2.58 bits per heavy atom. The van der Waals surface area contributed by atoms with Crippen LogP contribution >= 0.6 is 0 Å². The van der Waals surface area contributed by atoms with Gasteiger partial charge in [0.05, 0.1) is 6.10 Å². The second kappa shape index (κ2) is 5.84. The van der Waals surface area contributed by atoms with Crippen molar-refractivity contribution in [1.29, 1.82) is 0 Å². The van der Waals surface area contributed by atoms with E-state index < -0.39 is 6.10 Å². The molecule has 0 aromatic heterocycles. The fraction of sp³-hybridized carbons (Fsp3) is 0.429. The van der Waals surface area contributed by atoms with Crippen molar-refractivity contribution in [2.75, 3.05) is 18.4 Å². The summed E-state index contributed by atoms with van der Waals surface area (Å²) in [6, 6.07) is 6.56. The molecule has 0 radical (unpaired) electrons. The molecule has 1 fully saturated rings. The molecule has 0 spiro atoms. The van der Waals surface area contributed by atoms with E-state index in [0.717, 1.165) is 12.8 Å². The average Bonchev–Trinajstić information content (AvgIpc) is 2.39. The number of nitrogens with one attached hydrogen (secondary N) is 1. The zero-order chi connectivity index (χ0) is 13.8. The lowest BCUT2D eigenvalue weighted by molar-refractivity contribution is 0.0883. The summed E-state index contributed by atoms with van der Waals surface area (Å²) in [4.78, 5) is 24.7. The molecular weight excluding hydrogens is 244 g/mol. The molecule has 2 N–H and O–H groups in total. The van der Waals surface area contributed by atoms with Gasteiger partial charge in [0.2, 0.25) is 0 Å². The first-order valence-corrected chi connectivity index (χ1v) is 6.41. The van der Waals surface area contributed by atoms with Crippen molar-refractivity contribution in [2.45, 2.75) is 25.9 Å². The van der Waals surface area contributed by atoms with Crippen molar-refractivity contribution >= 4 is 17.5 Å². The lowest BCUT2D eigenvalue weighted by Crippen LogP contribution is -2.44. The summed E-state index contributed by atoms with van der Waals surface area (Å²) in [5.74, 6) is -0.00275. The summed E-state index contributed by atoms with van der Waals surface area (Å²) < 4.78 is 0. The fourth-order valence-electron chi connectivity index (χ4n) is 2.13. The summed E-state index contributed by atoms with van der Waals surface area (Å²) in [6.07, 6.45) is 1.13. The van der Waals surface area contributed by atoms with Gasteiger partial charge in [-0.3, -0.25) is 4.79 Å². The van der Waals surface area contributed by atoms with Crippen molar-refractivity contribution in [3.8, 4) is 0 Å². The van der Waals surface area contributed by atoms with Crippen molar-refractivity contribution in [1.82, 2.24) is 4.90 Å². The minimum Gasteiger partial charge on any atom is -0.391 e. The maximum atomic E-state index is 12.0. The van der Waals surface area contributed by atoms with Gasteiger partial charge >= 0.3 is 6.03 Å². The maximum absolute atomic E-state index is 12.0. The number of carbonyl (C=O) groups excluding carboxylic acids is 2. The number of amides is 2. The Morgan fingerprint density at radius 1 is 1.32 bits per heavy atom. The van der Waals surface area contributed by atoms with E-state index in [4.69, 9.17) is 0 Å². The minimum atomic E-state index is -0.431. The normalized spacial score (nSPS) is 19.1. The Balaban J connectivity index is 1.96. The monoisotopic (exact) mass is 262 g/mol. The average molecular weight is 262 g/mol. The molecule has 19 heavy (non-hydrogen) atoms. The zero-order valence-electron chi connectivity index (χ0n) is 10.9. The lowest BCUT2D eigenvalue weighted by Gasteiger charge is -2.30.